The predicted octanol–water partition coefficient (Wildman–Crippen LogP) is 2.80. The second kappa shape index (κ2) is 8.69. The van der Waals surface area contributed by atoms with Crippen molar-refractivity contribution in [1.29, 1.82) is 0 Å². The quantitative estimate of drug-likeness (QED) is 0.490. The Morgan fingerprint density at radius 1 is 1.18 bits per heavy atom. The van der Waals surface area contributed by atoms with E-state index < -0.39 is 36.6 Å². The van der Waals surface area contributed by atoms with Gasteiger partial charge in [-0.1, -0.05) is 0 Å². The zero-order valence-corrected chi connectivity index (χ0v) is 16.7. The molecule has 8 nitrogen and oxygen atoms in total. The van der Waals surface area contributed by atoms with E-state index in [0.717, 1.165) is 24.4 Å². The molecule has 1 amide bonds. The van der Waals surface area contributed by atoms with Gasteiger partial charge in [0.25, 0.3) is 5.91 Å². The van der Waals surface area contributed by atoms with Crippen LogP contribution >= 0.6 is 0 Å². The minimum Gasteiger partial charge on any atom is -0.396 e. The highest BCUT2D eigenvalue weighted by atomic mass is 19.4. The Hall–Kier alpha value is -3.68. The molecule has 0 spiro atoms. The van der Waals surface area contributed by atoms with Crippen LogP contribution in [0.15, 0.2) is 36.8 Å². The minimum absolute atomic E-state index is 0.00852. The maximum atomic E-state index is 12.8. The van der Waals surface area contributed by atoms with Crippen LogP contribution in [0.25, 0.3) is 22.5 Å². The normalized spacial score (nSPS) is 13.1. The van der Waals surface area contributed by atoms with Gasteiger partial charge in [0, 0.05) is 30.6 Å². The molecule has 0 aliphatic rings. The van der Waals surface area contributed by atoms with Gasteiger partial charge in [-0.3, -0.25) is 14.5 Å². The number of alkyl halides is 6. The van der Waals surface area contributed by atoms with Crippen LogP contribution in [0.5, 0.6) is 0 Å². The summed E-state index contributed by atoms with van der Waals surface area (Å²) in [5, 5.41) is 15.0. The Bertz CT molecular complexity index is 1160. The number of hydrogen-bond acceptors (Lipinski definition) is 6. The van der Waals surface area contributed by atoms with Crippen molar-refractivity contribution in [2.45, 2.75) is 18.5 Å². The van der Waals surface area contributed by atoms with Crippen molar-refractivity contribution < 1.29 is 36.2 Å². The first kappa shape index (κ1) is 24.0. The van der Waals surface area contributed by atoms with Crippen molar-refractivity contribution in [2.75, 3.05) is 12.3 Å². The summed E-state index contributed by atoms with van der Waals surface area (Å²) in [7, 11) is 1.59. The van der Waals surface area contributed by atoms with E-state index in [2.05, 4.69) is 15.1 Å². The number of carbonyl (C=O) groups excluding carboxylic acids is 1. The SMILES string of the molecule is Cn1cc(-c2nc(-c3ccc(C(F)(F)F)nc3)cc(C(=O)NC[C@@H](O)C(F)(F)F)c2N)cn1. The van der Waals surface area contributed by atoms with Crippen LogP contribution in [0.4, 0.5) is 32.0 Å². The molecule has 33 heavy (non-hydrogen) atoms. The standard InChI is InChI=1S/C19H16F6N6O2/c1-31-8-10(6-29-31)16-15(26)11(17(33)28-7-14(32)19(23,24)25)4-12(30-16)9-2-3-13(27-5-9)18(20,21)22/h2-6,8,14,32H,7,26H2,1H3,(H,28,33)/t14-/m1/s1. The van der Waals surface area contributed by atoms with E-state index in [1.807, 2.05) is 5.32 Å². The third-order valence-electron chi connectivity index (χ3n) is 4.47. The van der Waals surface area contributed by atoms with Crippen molar-refractivity contribution >= 4 is 11.6 Å². The topological polar surface area (TPSA) is 119 Å². The highest BCUT2D eigenvalue weighted by molar-refractivity contribution is 6.03. The molecule has 0 aliphatic heterocycles. The molecule has 176 valence electrons. The first-order valence-electron chi connectivity index (χ1n) is 9.13. The second-order valence-corrected chi connectivity index (χ2v) is 6.92. The number of aryl methyl sites for hydroxylation is 1. The number of rotatable bonds is 5. The Kier molecular flexibility index (Phi) is 6.31. The van der Waals surface area contributed by atoms with E-state index >= 15 is 0 Å². The summed E-state index contributed by atoms with van der Waals surface area (Å²) < 4.78 is 77.4. The van der Waals surface area contributed by atoms with Gasteiger partial charge < -0.3 is 16.2 Å². The molecule has 0 saturated heterocycles. The maximum Gasteiger partial charge on any atom is 0.433 e. The Morgan fingerprint density at radius 3 is 2.39 bits per heavy atom. The minimum atomic E-state index is -4.95. The van der Waals surface area contributed by atoms with E-state index in [0.29, 0.717) is 5.56 Å². The van der Waals surface area contributed by atoms with Gasteiger partial charge in [0.1, 0.15) is 5.69 Å². The van der Waals surface area contributed by atoms with Crippen LogP contribution in [-0.4, -0.2) is 49.6 Å². The zero-order chi connectivity index (χ0) is 24.6. The first-order chi connectivity index (χ1) is 15.3. The smallest absolute Gasteiger partial charge is 0.396 e. The monoisotopic (exact) mass is 474 g/mol. The van der Waals surface area contributed by atoms with E-state index in [-0.39, 0.29) is 28.2 Å². The Balaban J connectivity index is 2.04. The molecule has 3 aromatic rings. The summed E-state index contributed by atoms with van der Waals surface area (Å²) in [4.78, 5) is 20.2. The lowest BCUT2D eigenvalue weighted by atomic mass is 10.0. The number of hydrogen-bond donors (Lipinski definition) is 3. The number of aliphatic hydroxyl groups excluding tert-OH is 1. The fraction of sp³-hybridized carbons (Fsp3) is 0.263. The molecule has 3 heterocycles. The zero-order valence-electron chi connectivity index (χ0n) is 16.7. The Morgan fingerprint density at radius 2 is 1.88 bits per heavy atom. The van der Waals surface area contributed by atoms with E-state index in [1.54, 1.807) is 7.05 Å². The van der Waals surface area contributed by atoms with Crippen LogP contribution in [0.3, 0.4) is 0 Å². The van der Waals surface area contributed by atoms with Crippen LogP contribution in [0.1, 0.15) is 16.1 Å². The van der Waals surface area contributed by atoms with E-state index in [4.69, 9.17) is 10.8 Å². The molecule has 0 saturated carbocycles. The number of nitrogen functional groups attached to an aromatic ring is 1. The van der Waals surface area contributed by atoms with Crippen molar-refractivity contribution in [3.63, 3.8) is 0 Å². The number of nitrogens with zero attached hydrogens (tertiary/aromatic N) is 4. The summed E-state index contributed by atoms with van der Waals surface area (Å²) in [5.41, 5.74) is 4.85. The molecule has 1 atom stereocenters. The molecular formula is C19H16F6N6O2. The number of halogens is 6. The number of nitrogens with one attached hydrogen (secondary N) is 1. The molecule has 3 aromatic heterocycles. The number of nitrogens with two attached hydrogens (primary N) is 1. The lowest BCUT2D eigenvalue weighted by molar-refractivity contribution is -0.201. The van der Waals surface area contributed by atoms with Crippen molar-refractivity contribution in [3.05, 3.63) is 48.0 Å². The summed E-state index contributed by atoms with van der Waals surface area (Å²) in [5.74, 6) is -1.05. The number of pyridine rings is 2. The number of anilines is 1. The fourth-order valence-corrected chi connectivity index (χ4v) is 2.77. The van der Waals surface area contributed by atoms with Gasteiger partial charge in [-0.15, -0.1) is 0 Å². The largest absolute Gasteiger partial charge is 0.433 e. The highest BCUT2D eigenvalue weighted by Crippen LogP contribution is 2.32. The Labute approximate surface area is 182 Å². The molecule has 0 radical (unpaired) electrons. The van der Waals surface area contributed by atoms with Gasteiger partial charge in [0.2, 0.25) is 0 Å². The van der Waals surface area contributed by atoms with Crippen LogP contribution in [0.2, 0.25) is 0 Å². The van der Waals surface area contributed by atoms with Gasteiger partial charge in [0.15, 0.2) is 6.10 Å². The van der Waals surface area contributed by atoms with Gasteiger partial charge in [-0.05, 0) is 18.2 Å². The number of aromatic nitrogens is 4. The highest BCUT2D eigenvalue weighted by Gasteiger charge is 2.38. The molecule has 0 unspecified atom stereocenters. The molecule has 3 rings (SSSR count). The first-order valence-corrected chi connectivity index (χ1v) is 9.13. The second-order valence-electron chi connectivity index (χ2n) is 6.92. The summed E-state index contributed by atoms with van der Waals surface area (Å²) in [6, 6.07) is 2.90. The van der Waals surface area contributed by atoms with Crippen molar-refractivity contribution in [1.82, 2.24) is 25.1 Å². The number of aliphatic hydroxyl groups is 1. The fourth-order valence-electron chi connectivity index (χ4n) is 2.77. The molecule has 0 aromatic carbocycles. The van der Waals surface area contributed by atoms with Crippen LogP contribution < -0.4 is 11.1 Å². The third-order valence-corrected chi connectivity index (χ3v) is 4.47. The van der Waals surface area contributed by atoms with E-state index in [1.165, 1.54) is 17.1 Å². The summed E-state index contributed by atoms with van der Waals surface area (Å²) in [6.45, 7) is -1.14. The molecule has 0 aliphatic carbocycles. The van der Waals surface area contributed by atoms with E-state index in [9.17, 15) is 31.1 Å². The molecular weight excluding hydrogens is 458 g/mol. The molecule has 4 N–H and O–H groups in total. The van der Waals surface area contributed by atoms with Crippen LogP contribution in [-0.2, 0) is 13.2 Å². The molecule has 0 bridgehead atoms. The lowest BCUT2D eigenvalue weighted by Gasteiger charge is -2.17. The van der Waals surface area contributed by atoms with Crippen molar-refractivity contribution in [2.24, 2.45) is 7.05 Å². The average Bonchev–Trinajstić information content (AvgIpc) is 3.16. The molecule has 14 heteroatoms. The van der Waals surface area contributed by atoms with Gasteiger partial charge in [-0.2, -0.15) is 31.4 Å². The van der Waals surface area contributed by atoms with Gasteiger partial charge >= 0.3 is 12.4 Å². The predicted molar refractivity (Wildman–Crippen MR) is 103 cm³/mol. The van der Waals surface area contributed by atoms with Crippen LogP contribution in [0, 0.1) is 0 Å². The lowest BCUT2D eigenvalue weighted by Crippen LogP contribution is -2.40. The number of amides is 1. The van der Waals surface area contributed by atoms with Gasteiger partial charge in [0.05, 0.1) is 35.4 Å². The van der Waals surface area contributed by atoms with Crippen molar-refractivity contribution in [3.8, 4) is 22.5 Å². The average molecular weight is 474 g/mol. The maximum absolute atomic E-state index is 12.8. The summed E-state index contributed by atoms with van der Waals surface area (Å²) >= 11 is 0. The third kappa shape index (κ3) is 5.39. The van der Waals surface area contributed by atoms with Gasteiger partial charge in [-0.25, -0.2) is 4.98 Å². The molecule has 0 fully saturated rings. The number of carbonyl (C=O) groups is 1. The summed E-state index contributed by atoms with van der Waals surface area (Å²) in [6.07, 6.45) is -8.66.